The van der Waals surface area contributed by atoms with Crippen LogP contribution in [0, 0.1) is 0 Å². The molecule has 0 spiro atoms. The van der Waals surface area contributed by atoms with Crippen LogP contribution in [-0.2, 0) is 16.0 Å². The molecule has 0 saturated heterocycles. The fraction of sp³-hybridized carbons (Fsp3) is 0.400. The zero-order chi connectivity index (χ0) is 14.6. The predicted octanol–water partition coefficient (Wildman–Crippen LogP) is 0.998. The third-order valence-electron chi connectivity index (χ3n) is 2.06. The first-order valence-corrected chi connectivity index (χ1v) is 4.89. The van der Waals surface area contributed by atoms with Crippen molar-refractivity contribution in [3.63, 3.8) is 0 Å². The van der Waals surface area contributed by atoms with Crippen LogP contribution in [0.5, 0.6) is 11.6 Å². The summed E-state index contributed by atoms with van der Waals surface area (Å²) in [5.41, 5.74) is -1.11. The Morgan fingerprint density at radius 2 is 2.00 bits per heavy atom. The van der Waals surface area contributed by atoms with Crippen LogP contribution in [0.2, 0.25) is 0 Å². The Morgan fingerprint density at radius 3 is 2.47 bits per heavy atom. The maximum absolute atomic E-state index is 12.2. The molecule has 1 aromatic heterocycles. The van der Waals surface area contributed by atoms with E-state index in [2.05, 4.69) is 9.47 Å². The maximum Gasteiger partial charge on any atom is 0.574 e. The van der Waals surface area contributed by atoms with Gasteiger partial charge in [-0.3, -0.25) is 14.6 Å². The number of H-pyrrole nitrogens is 1. The number of alkyl halides is 3. The molecule has 19 heavy (non-hydrogen) atoms. The first-order chi connectivity index (χ1) is 8.76. The van der Waals surface area contributed by atoms with Gasteiger partial charge in [-0.05, 0) is 0 Å². The minimum absolute atomic E-state index is 0.201. The summed E-state index contributed by atoms with van der Waals surface area (Å²) in [5.74, 6) is -1.91. The van der Waals surface area contributed by atoms with Gasteiger partial charge in [-0.15, -0.1) is 13.2 Å². The van der Waals surface area contributed by atoms with Crippen molar-refractivity contribution in [1.82, 2.24) is 4.98 Å². The number of aromatic nitrogens is 1. The third kappa shape index (κ3) is 4.19. The molecule has 1 N–H and O–H groups in total. The molecule has 0 aromatic carbocycles. The minimum Gasteiger partial charge on any atom is -0.496 e. The summed E-state index contributed by atoms with van der Waals surface area (Å²) in [6, 6.07) is 0.904. The Kier molecular flexibility index (Phi) is 4.41. The molecule has 0 unspecified atom stereocenters. The van der Waals surface area contributed by atoms with Crippen molar-refractivity contribution in [2.24, 2.45) is 0 Å². The maximum atomic E-state index is 12.2. The molecule has 0 saturated carbocycles. The number of carbonyl (C=O) groups is 1. The van der Waals surface area contributed by atoms with Gasteiger partial charge in [-0.2, -0.15) is 0 Å². The van der Waals surface area contributed by atoms with Crippen molar-refractivity contribution >= 4 is 5.97 Å². The number of nitrogens with one attached hydrogen (secondary N) is 1. The summed E-state index contributed by atoms with van der Waals surface area (Å²) in [5, 5.41) is 0. The van der Waals surface area contributed by atoms with Gasteiger partial charge in [-0.25, -0.2) is 0 Å². The van der Waals surface area contributed by atoms with Crippen molar-refractivity contribution in [3.8, 4) is 11.6 Å². The van der Waals surface area contributed by atoms with Crippen molar-refractivity contribution < 1.29 is 32.2 Å². The number of halogens is 3. The number of methoxy groups -OCH3 is 2. The molecule has 1 aromatic rings. The first kappa shape index (κ1) is 14.9. The van der Waals surface area contributed by atoms with Gasteiger partial charge >= 0.3 is 12.3 Å². The van der Waals surface area contributed by atoms with E-state index in [1.165, 1.54) is 0 Å². The van der Waals surface area contributed by atoms with Gasteiger partial charge in [0, 0.05) is 6.07 Å². The van der Waals surface area contributed by atoms with Gasteiger partial charge in [0.05, 0.1) is 26.2 Å². The Bertz CT molecular complexity index is 523. The highest BCUT2D eigenvalue weighted by molar-refractivity contribution is 5.74. The number of aromatic amines is 1. The fourth-order valence-electron chi connectivity index (χ4n) is 1.31. The molecule has 106 valence electrons. The number of rotatable bonds is 4. The van der Waals surface area contributed by atoms with E-state index in [-0.39, 0.29) is 11.3 Å². The number of pyridine rings is 1. The van der Waals surface area contributed by atoms with Gasteiger partial charge in [0.25, 0.3) is 5.56 Å². The highest BCUT2D eigenvalue weighted by Gasteiger charge is 2.34. The number of hydrogen-bond acceptors (Lipinski definition) is 5. The third-order valence-corrected chi connectivity index (χ3v) is 2.06. The van der Waals surface area contributed by atoms with Crippen LogP contribution in [0.1, 0.15) is 5.56 Å². The van der Waals surface area contributed by atoms with E-state index in [1.807, 2.05) is 4.98 Å². The predicted molar refractivity (Wildman–Crippen MR) is 56.0 cm³/mol. The summed E-state index contributed by atoms with van der Waals surface area (Å²) in [6.45, 7) is 0. The largest absolute Gasteiger partial charge is 0.574 e. The van der Waals surface area contributed by atoms with Gasteiger partial charge in [-0.1, -0.05) is 0 Å². The summed E-state index contributed by atoms with van der Waals surface area (Å²) >= 11 is 0. The van der Waals surface area contributed by atoms with Crippen LogP contribution in [0.3, 0.4) is 0 Å². The van der Waals surface area contributed by atoms with E-state index in [4.69, 9.17) is 4.74 Å². The molecule has 0 bridgehead atoms. The minimum atomic E-state index is -5.01. The second-order valence-electron chi connectivity index (χ2n) is 3.31. The molecular weight excluding hydrogens is 271 g/mol. The van der Waals surface area contributed by atoms with E-state index in [1.54, 1.807) is 0 Å². The lowest BCUT2D eigenvalue weighted by Gasteiger charge is -2.14. The molecular formula is C10H10F3NO5. The molecule has 1 heterocycles. The zero-order valence-corrected chi connectivity index (χ0v) is 9.96. The van der Waals surface area contributed by atoms with E-state index >= 15 is 0 Å². The van der Waals surface area contributed by atoms with Crippen LogP contribution in [0.15, 0.2) is 10.9 Å². The van der Waals surface area contributed by atoms with Crippen molar-refractivity contribution in [1.29, 1.82) is 0 Å². The molecule has 9 heteroatoms. The van der Waals surface area contributed by atoms with E-state index in [0.29, 0.717) is 0 Å². The lowest BCUT2D eigenvalue weighted by Crippen LogP contribution is -2.22. The molecule has 6 nitrogen and oxygen atoms in total. The molecule has 0 radical (unpaired) electrons. The second kappa shape index (κ2) is 5.63. The number of esters is 1. The molecule has 0 aliphatic rings. The topological polar surface area (TPSA) is 77.6 Å². The summed E-state index contributed by atoms with van der Waals surface area (Å²) in [4.78, 5) is 24.2. The van der Waals surface area contributed by atoms with Crippen LogP contribution in [-0.4, -0.2) is 31.5 Å². The molecule has 0 atom stereocenters. The van der Waals surface area contributed by atoms with Crippen LogP contribution < -0.4 is 15.0 Å². The van der Waals surface area contributed by atoms with Crippen LogP contribution >= 0.6 is 0 Å². The molecule has 0 amide bonds. The van der Waals surface area contributed by atoms with Crippen molar-refractivity contribution in [3.05, 3.63) is 22.0 Å². The molecule has 0 aliphatic heterocycles. The smallest absolute Gasteiger partial charge is 0.496 e. The first-order valence-electron chi connectivity index (χ1n) is 4.89. The average molecular weight is 281 g/mol. The normalized spacial score (nSPS) is 11.0. The standard InChI is InChI=1S/C10H10F3NO5/c1-17-6-4-7(15)14-9(19-10(11,12)13)5(6)3-8(16)18-2/h4H,3H2,1-2H3,(H,14,15). The number of carbonyl (C=O) groups excluding carboxylic acids is 1. The number of ether oxygens (including phenoxy) is 3. The lowest BCUT2D eigenvalue weighted by atomic mass is 10.2. The van der Waals surface area contributed by atoms with Gasteiger partial charge in [0.1, 0.15) is 5.75 Å². The number of hydrogen-bond donors (Lipinski definition) is 1. The van der Waals surface area contributed by atoms with Crippen molar-refractivity contribution in [2.45, 2.75) is 12.8 Å². The van der Waals surface area contributed by atoms with Crippen LogP contribution in [0.4, 0.5) is 13.2 Å². The monoisotopic (exact) mass is 281 g/mol. The Morgan fingerprint density at radius 1 is 1.37 bits per heavy atom. The SMILES string of the molecule is COC(=O)Cc1c(OC)cc(=O)[nH]c1OC(F)(F)F. The van der Waals surface area contributed by atoms with Gasteiger partial charge in [0.15, 0.2) is 0 Å². The zero-order valence-electron chi connectivity index (χ0n) is 9.96. The average Bonchev–Trinajstić information content (AvgIpc) is 2.29. The Hall–Kier alpha value is -2.19. The van der Waals surface area contributed by atoms with Gasteiger partial charge < -0.3 is 14.2 Å². The second-order valence-corrected chi connectivity index (χ2v) is 3.31. The molecule has 1 rings (SSSR count). The fourth-order valence-corrected chi connectivity index (χ4v) is 1.31. The Labute approximate surface area is 105 Å². The van der Waals surface area contributed by atoms with Gasteiger partial charge in [0.2, 0.25) is 5.88 Å². The van der Waals surface area contributed by atoms with E-state index in [9.17, 15) is 22.8 Å². The quantitative estimate of drug-likeness (QED) is 0.833. The summed E-state index contributed by atoms with van der Waals surface area (Å²) in [6.07, 6.45) is -5.55. The van der Waals surface area contributed by atoms with E-state index in [0.717, 1.165) is 20.3 Å². The van der Waals surface area contributed by atoms with Crippen molar-refractivity contribution in [2.75, 3.05) is 14.2 Å². The summed E-state index contributed by atoms with van der Waals surface area (Å²) < 4.78 is 49.4. The summed E-state index contributed by atoms with van der Waals surface area (Å²) in [7, 11) is 2.22. The molecule has 0 aliphatic carbocycles. The Balaban J connectivity index is 3.29. The highest BCUT2D eigenvalue weighted by atomic mass is 19.4. The highest BCUT2D eigenvalue weighted by Crippen LogP contribution is 2.29. The molecule has 0 fully saturated rings. The van der Waals surface area contributed by atoms with Crippen LogP contribution in [0.25, 0.3) is 0 Å². The lowest BCUT2D eigenvalue weighted by molar-refractivity contribution is -0.276. The van der Waals surface area contributed by atoms with E-state index < -0.39 is 30.2 Å².